The Labute approximate surface area is 93.0 Å². The van der Waals surface area contributed by atoms with Crippen LogP contribution in [0.3, 0.4) is 0 Å². The van der Waals surface area contributed by atoms with Gasteiger partial charge in [-0.05, 0) is 6.92 Å². The van der Waals surface area contributed by atoms with Gasteiger partial charge >= 0.3 is 10.2 Å². The molecule has 0 bridgehead atoms. The Balaban J connectivity index is 2.19. The molecule has 16 heavy (non-hydrogen) atoms. The molecule has 0 amide bonds. The average molecular weight is 244 g/mol. The number of nitrogens with one attached hydrogen (secondary N) is 1. The molecule has 2 rings (SSSR count). The van der Waals surface area contributed by atoms with Crippen molar-refractivity contribution in [2.75, 3.05) is 6.54 Å². The topological polar surface area (TPSA) is 96.6 Å². The normalized spacial score (nSPS) is 16.4. The minimum absolute atomic E-state index is 0.0407. The molecule has 0 spiro atoms. The van der Waals surface area contributed by atoms with Gasteiger partial charge in [0.25, 0.3) is 0 Å². The van der Waals surface area contributed by atoms with Gasteiger partial charge in [0.05, 0.1) is 24.5 Å². The van der Waals surface area contributed by atoms with Crippen LogP contribution in [0.25, 0.3) is 0 Å². The lowest BCUT2D eigenvalue weighted by Gasteiger charge is -2.07. The van der Waals surface area contributed by atoms with Crippen molar-refractivity contribution < 1.29 is 13.5 Å². The van der Waals surface area contributed by atoms with Crippen LogP contribution in [0.5, 0.6) is 0 Å². The van der Waals surface area contributed by atoms with E-state index in [1.807, 2.05) is 0 Å². The molecule has 1 aliphatic heterocycles. The Kier molecular flexibility index (Phi) is 2.78. The number of rotatable bonds is 4. The Morgan fingerprint density at radius 2 is 2.44 bits per heavy atom. The molecular formula is C8H12N4O3S. The van der Waals surface area contributed by atoms with E-state index < -0.39 is 16.3 Å². The number of aliphatic imine (C=N–C) groups is 1. The number of aliphatic hydroxyl groups is 1. The van der Waals surface area contributed by atoms with Crippen molar-refractivity contribution in [1.29, 1.82) is 0 Å². The van der Waals surface area contributed by atoms with E-state index in [9.17, 15) is 8.42 Å². The highest BCUT2D eigenvalue weighted by Gasteiger charge is 2.19. The van der Waals surface area contributed by atoms with Crippen LogP contribution in [-0.4, -0.2) is 41.6 Å². The van der Waals surface area contributed by atoms with E-state index in [4.69, 9.17) is 5.11 Å². The molecule has 0 radical (unpaired) electrons. The summed E-state index contributed by atoms with van der Waals surface area (Å²) in [4.78, 5) is 3.95. The average Bonchev–Trinajstić information content (AvgIpc) is 2.73. The number of hydrogen-bond donors (Lipinski definition) is 2. The maximum Gasteiger partial charge on any atom is 0.320 e. The Morgan fingerprint density at radius 3 is 3.06 bits per heavy atom. The molecule has 7 nitrogen and oxygen atoms in total. The van der Waals surface area contributed by atoms with E-state index in [-0.39, 0.29) is 6.54 Å². The molecule has 0 saturated heterocycles. The van der Waals surface area contributed by atoms with Gasteiger partial charge in [0.1, 0.15) is 0 Å². The summed E-state index contributed by atoms with van der Waals surface area (Å²) in [6.07, 6.45) is 2.25. The smallest absolute Gasteiger partial charge is 0.320 e. The van der Waals surface area contributed by atoms with Crippen molar-refractivity contribution >= 4 is 16.4 Å². The maximum atomic E-state index is 11.7. The third-order valence-electron chi connectivity index (χ3n) is 2.08. The monoisotopic (exact) mass is 244 g/mol. The van der Waals surface area contributed by atoms with Crippen molar-refractivity contribution in [2.45, 2.75) is 19.6 Å². The summed E-state index contributed by atoms with van der Waals surface area (Å²) in [5, 5.41) is 12.9. The first-order valence-electron chi connectivity index (χ1n) is 4.75. The zero-order valence-corrected chi connectivity index (χ0v) is 9.48. The van der Waals surface area contributed by atoms with E-state index in [1.54, 1.807) is 6.21 Å². The van der Waals surface area contributed by atoms with Crippen molar-refractivity contribution in [3.8, 4) is 0 Å². The second-order valence-corrected chi connectivity index (χ2v) is 5.19. The third kappa shape index (κ3) is 2.13. The van der Waals surface area contributed by atoms with E-state index in [0.717, 1.165) is 4.09 Å². The first kappa shape index (κ1) is 11.2. The fourth-order valence-corrected chi connectivity index (χ4v) is 2.32. The van der Waals surface area contributed by atoms with Gasteiger partial charge in [-0.3, -0.25) is 4.99 Å². The maximum absolute atomic E-state index is 11.7. The van der Waals surface area contributed by atoms with Crippen molar-refractivity contribution in [1.82, 2.24) is 13.9 Å². The zero-order chi connectivity index (χ0) is 11.8. The van der Waals surface area contributed by atoms with E-state index in [2.05, 4.69) is 14.8 Å². The lowest BCUT2D eigenvalue weighted by molar-refractivity contribution is 0.198. The predicted octanol–water partition coefficient (Wildman–Crippen LogP) is -1.12. The highest BCUT2D eigenvalue weighted by Crippen LogP contribution is 2.12. The summed E-state index contributed by atoms with van der Waals surface area (Å²) in [6.45, 7) is 1.87. The Hall–Kier alpha value is -1.25. The van der Waals surface area contributed by atoms with Crippen LogP contribution < -0.4 is 4.72 Å². The van der Waals surface area contributed by atoms with Gasteiger partial charge in [-0.2, -0.15) is 22.3 Å². The first-order valence-corrected chi connectivity index (χ1v) is 6.19. The Morgan fingerprint density at radius 1 is 1.69 bits per heavy atom. The van der Waals surface area contributed by atoms with Gasteiger partial charge in [-0.25, -0.2) is 0 Å². The summed E-state index contributed by atoms with van der Waals surface area (Å²) >= 11 is 0. The number of nitrogens with zero attached hydrogens (tertiary/aromatic N) is 3. The van der Waals surface area contributed by atoms with E-state index >= 15 is 0 Å². The van der Waals surface area contributed by atoms with Crippen LogP contribution >= 0.6 is 0 Å². The van der Waals surface area contributed by atoms with Crippen LogP contribution in [-0.2, 0) is 16.8 Å². The van der Waals surface area contributed by atoms with Gasteiger partial charge in [0, 0.05) is 18.3 Å². The van der Waals surface area contributed by atoms with E-state index in [0.29, 0.717) is 17.8 Å². The number of hydrogen-bond acceptors (Lipinski definition) is 5. The number of fused-ring (bicyclic) bond motifs is 1. The van der Waals surface area contributed by atoms with Gasteiger partial charge in [-0.1, -0.05) is 0 Å². The largest absolute Gasteiger partial charge is 0.392 e. The molecule has 1 aromatic rings. The van der Waals surface area contributed by atoms with Gasteiger partial charge < -0.3 is 5.11 Å². The van der Waals surface area contributed by atoms with Crippen LogP contribution in [0.15, 0.2) is 11.2 Å². The number of aliphatic hydroxyl groups excluding tert-OH is 1. The third-order valence-corrected chi connectivity index (χ3v) is 3.29. The standard InChI is InChI=1S/C8H12N4O3S/c1-6(13)2-10-16(14,15)12-5-7-3-9-4-8(7)11-12/h3,5-6,10,13H,2,4H2,1H3. The van der Waals surface area contributed by atoms with Gasteiger partial charge in [0.2, 0.25) is 0 Å². The molecule has 0 fully saturated rings. The zero-order valence-electron chi connectivity index (χ0n) is 8.66. The molecule has 0 aliphatic carbocycles. The summed E-state index contributed by atoms with van der Waals surface area (Å²) in [5.41, 5.74) is 1.35. The van der Waals surface area contributed by atoms with Crippen molar-refractivity contribution in [2.24, 2.45) is 4.99 Å². The van der Waals surface area contributed by atoms with Gasteiger partial charge in [0.15, 0.2) is 0 Å². The second kappa shape index (κ2) is 3.96. The van der Waals surface area contributed by atoms with E-state index in [1.165, 1.54) is 13.1 Å². The molecule has 1 aromatic heterocycles. The fraction of sp³-hybridized carbons (Fsp3) is 0.500. The van der Waals surface area contributed by atoms with Crippen LogP contribution in [0, 0.1) is 0 Å². The quantitative estimate of drug-likeness (QED) is 0.701. The molecule has 0 aromatic carbocycles. The molecular weight excluding hydrogens is 232 g/mol. The summed E-state index contributed by atoms with van der Waals surface area (Å²) in [6, 6.07) is 0. The van der Waals surface area contributed by atoms with Crippen LogP contribution in [0.1, 0.15) is 18.2 Å². The molecule has 88 valence electrons. The predicted molar refractivity (Wildman–Crippen MR) is 57.5 cm³/mol. The number of aromatic nitrogens is 2. The molecule has 1 atom stereocenters. The van der Waals surface area contributed by atoms with Crippen LogP contribution in [0.2, 0.25) is 0 Å². The molecule has 2 N–H and O–H groups in total. The lowest BCUT2D eigenvalue weighted by atomic mass is 10.3. The molecule has 1 aliphatic rings. The highest BCUT2D eigenvalue weighted by molar-refractivity contribution is 7.87. The molecule has 0 saturated carbocycles. The summed E-state index contributed by atoms with van der Waals surface area (Å²) in [7, 11) is -3.70. The molecule has 1 unspecified atom stereocenters. The van der Waals surface area contributed by atoms with Crippen molar-refractivity contribution in [3.63, 3.8) is 0 Å². The second-order valence-electron chi connectivity index (χ2n) is 3.58. The minimum Gasteiger partial charge on any atom is -0.392 e. The first-order chi connectivity index (χ1) is 7.49. The molecule has 8 heteroatoms. The van der Waals surface area contributed by atoms with Crippen molar-refractivity contribution in [3.05, 3.63) is 17.5 Å². The summed E-state index contributed by atoms with van der Waals surface area (Å²) < 4.78 is 26.5. The minimum atomic E-state index is -3.70. The fourth-order valence-electron chi connectivity index (χ4n) is 1.28. The SMILES string of the molecule is CC(O)CNS(=O)(=O)n1cc2c(n1)CN=C2. The highest BCUT2D eigenvalue weighted by atomic mass is 32.2. The Bertz CT molecular complexity index is 517. The molecule has 2 heterocycles. The van der Waals surface area contributed by atoms with Gasteiger partial charge in [-0.15, -0.1) is 0 Å². The van der Waals surface area contributed by atoms with Crippen LogP contribution in [0.4, 0.5) is 0 Å². The lowest BCUT2D eigenvalue weighted by Crippen LogP contribution is -2.35. The summed E-state index contributed by atoms with van der Waals surface area (Å²) in [5.74, 6) is 0.